The molecule has 0 radical (unpaired) electrons. The van der Waals surface area contributed by atoms with E-state index in [1.807, 2.05) is 18.9 Å². The Morgan fingerprint density at radius 2 is 1.88 bits per heavy atom. The molecule has 0 fully saturated rings. The van der Waals surface area contributed by atoms with Gasteiger partial charge in [0.25, 0.3) is 0 Å². The SMILES string of the molecule is CCOC(=O)C1(C(=O)OCC)Cc2ncc(Cl)cc2N(C)C1CC. The van der Waals surface area contributed by atoms with Crippen molar-refractivity contribution in [3.63, 3.8) is 0 Å². The van der Waals surface area contributed by atoms with E-state index in [4.69, 9.17) is 21.1 Å². The summed E-state index contributed by atoms with van der Waals surface area (Å²) < 4.78 is 10.5. The minimum absolute atomic E-state index is 0.139. The van der Waals surface area contributed by atoms with Gasteiger partial charge in [0.15, 0.2) is 5.41 Å². The van der Waals surface area contributed by atoms with Gasteiger partial charge in [0.1, 0.15) is 0 Å². The van der Waals surface area contributed by atoms with Crippen LogP contribution in [0.15, 0.2) is 12.3 Å². The Hall–Kier alpha value is -1.82. The van der Waals surface area contributed by atoms with Crippen LogP contribution < -0.4 is 4.90 Å². The summed E-state index contributed by atoms with van der Waals surface area (Å²) in [4.78, 5) is 31.9. The lowest BCUT2D eigenvalue weighted by Gasteiger charge is -2.45. The number of halogens is 1. The minimum atomic E-state index is -1.43. The molecule has 1 aliphatic heterocycles. The highest BCUT2D eigenvalue weighted by molar-refractivity contribution is 6.30. The fourth-order valence-corrected chi connectivity index (χ4v) is 3.57. The third-order valence-corrected chi connectivity index (χ3v) is 4.65. The molecule has 7 heteroatoms. The number of anilines is 1. The van der Waals surface area contributed by atoms with Crippen LogP contribution in [0.1, 0.15) is 32.9 Å². The summed E-state index contributed by atoms with van der Waals surface area (Å²) >= 11 is 6.06. The van der Waals surface area contributed by atoms with Crippen LogP contribution in [0.4, 0.5) is 5.69 Å². The second-order valence-corrected chi connectivity index (χ2v) is 6.18. The number of rotatable bonds is 5. The van der Waals surface area contributed by atoms with Crippen LogP contribution >= 0.6 is 11.6 Å². The number of hydrogen-bond donors (Lipinski definition) is 0. The molecular formula is C17H23ClN2O4. The standard InChI is InChI=1S/C17H23ClN2O4/c1-5-14-17(15(21)23-6-2,16(22)24-7-3)9-12-13(20(14)4)8-11(18)10-19-12/h8,10,14H,5-7,9H2,1-4H3. The molecule has 132 valence electrons. The number of nitrogens with zero attached hydrogens (tertiary/aromatic N) is 2. The van der Waals surface area contributed by atoms with Gasteiger partial charge in [0.2, 0.25) is 0 Å². The van der Waals surface area contributed by atoms with Crippen LogP contribution in [0.3, 0.4) is 0 Å². The zero-order valence-electron chi connectivity index (χ0n) is 14.5. The van der Waals surface area contributed by atoms with Crippen molar-refractivity contribution in [2.75, 3.05) is 25.2 Å². The van der Waals surface area contributed by atoms with E-state index < -0.39 is 23.4 Å². The van der Waals surface area contributed by atoms with Crippen LogP contribution in [0.5, 0.6) is 0 Å². The first-order valence-corrected chi connectivity index (χ1v) is 8.51. The van der Waals surface area contributed by atoms with Gasteiger partial charge in [-0.3, -0.25) is 14.6 Å². The summed E-state index contributed by atoms with van der Waals surface area (Å²) in [7, 11) is 1.83. The van der Waals surface area contributed by atoms with Crippen LogP contribution in [0.2, 0.25) is 5.02 Å². The third-order valence-electron chi connectivity index (χ3n) is 4.44. The molecule has 1 aromatic heterocycles. The number of carbonyl (C=O) groups is 2. The molecule has 1 atom stereocenters. The number of esters is 2. The van der Waals surface area contributed by atoms with Gasteiger partial charge in [-0.2, -0.15) is 0 Å². The second kappa shape index (κ2) is 7.38. The van der Waals surface area contributed by atoms with Crippen molar-refractivity contribution in [3.05, 3.63) is 23.0 Å². The topological polar surface area (TPSA) is 68.7 Å². The zero-order chi connectivity index (χ0) is 17.9. The Labute approximate surface area is 147 Å². The molecule has 6 nitrogen and oxygen atoms in total. The first-order chi connectivity index (χ1) is 11.4. The van der Waals surface area contributed by atoms with E-state index in [9.17, 15) is 9.59 Å². The average Bonchev–Trinajstić information content (AvgIpc) is 2.55. The van der Waals surface area contributed by atoms with Gasteiger partial charge in [-0.25, -0.2) is 0 Å². The summed E-state index contributed by atoms with van der Waals surface area (Å²) in [5, 5.41) is 0.509. The number of pyridine rings is 1. The second-order valence-electron chi connectivity index (χ2n) is 5.74. The normalized spacial score (nSPS) is 18.7. The van der Waals surface area contributed by atoms with Gasteiger partial charge < -0.3 is 14.4 Å². The highest BCUT2D eigenvalue weighted by atomic mass is 35.5. The maximum Gasteiger partial charge on any atom is 0.326 e. The third kappa shape index (κ3) is 2.95. The molecule has 2 heterocycles. The van der Waals surface area contributed by atoms with Crippen molar-refractivity contribution in [1.29, 1.82) is 0 Å². The summed E-state index contributed by atoms with van der Waals surface area (Å²) in [6.07, 6.45) is 2.22. The average molecular weight is 355 g/mol. The maximum absolute atomic E-state index is 12.8. The lowest BCUT2D eigenvalue weighted by molar-refractivity contribution is -0.174. The van der Waals surface area contributed by atoms with E-state index in [1.54, 1.807) is 19.9 Å². The lowest BCUT2D eigenvalue weighted by atomic mass is 9.71. The van der Waals surface area contributed by atoms with Crippen LogP contribution in [0.25, 0.3) is 0 Å². The predicted octanol–water partition coefficient (Wildman–Crippen LogP) is 2.62. The molecule has 0 spiro atoms. The van der Waals surface area contributed by atoms with E-state index >= 15 is 0 Å². The molecule has 1 aliphatic rings. The number of fused-ring (bicyclic) bond motifs is 1. The van der Waals surface area contributed by atoms with Crippen molar-refractivity contribution >= 4 is 29.2 Å². The Morgan fingerprint density at radius 3 is 2.38 bits per heavy atom. The summed E-state index contributed by atoms with van der Waals surface area (Å²) in [6, 6.07) is 1.40. The van der Waals surface area contributed by atoms with Crippen molar-refractivity contribution < 1.29 is 19.1 Å². The van der Waals surface area contributed by atoms with E-state index in [1.165, 1.54) is 6.20 Å². The predicted molar refractivity (Wildman–Crippen MR) is 91.1 cm³/mol. The Morgan fingerprint density at radius 1 is 1.29 bits per heavy atom. The lowest BCUT2D eigenvalue weighted by Crippen LogP contribution is -2.60. The van der Waals surface area contributed by atoms with Gasteiger partial charge in [-0.1, -0.05) is 18.5 Å². The van der Waals surface area contributed by atoms with E-state index in [0.29, 0.717) is 17.1 Å². The molecule has 0 saturated heterocycles. The van der Waals surface area contributed by atoms with Crippen LogP contribution in [0, 0.1) is 5.41 Å². The maximum atomic E-state index is 12.8. The molecule has 1 aromatic rings. The first kappa shape index (κ1) is 18.5. The molecule has 0 saturated carbocycles. The van der Waals surface area contributed by atoms with Crippen molar-refractivity contribution in [3.8, 4) is 0 Å². The molecule has 24 heavy (non-hydrogen) atoms. The minimum Gasteiger partial charge on any atom is -0.465 e. The highest BCUT2D eigenvalue weighted by Gasteiger charge is 2.58. The van der Waals surface area contributed by atoms with Crippen molar-refractivity contribution in [1.82, 2.24) is 4.98 Å². The smallest absolute Gasteiger partial charge is 0.326 e. The number of aromatic nitrogens is 1. The van der Waals surface area contributed by atoms with Crippen LogP contribution in [-0.4, -0.2) is 43.2 Å². The zero-order valence-corrected chi connectivity index (χ0v) is 15.2. The van der Waals surface area contributed by atoms with E-state index in [0.717, 1.165) is 5.69 Å². The van der Waals surface area contributed by atoms with Gasteiger partial charge in [-0.05, 0) is 26.3 Å². The number of carbonyl (C=O) groups excluding carboxylic acids is 2. The molecule has 0 bridgehead atoms. The fraction of sp³-hybridized carbons (Fsp3) is 0.588. The Bertz CT molecular complexity index is 617. The van der Waals surface area contributed by atoms with Crippen molar-refractivity contribution in [2.45, 2.75) is 39.7 Å². The molecule has 2 rings (SSSR count). The van der Waals surface area contributed by atoms with E-state index in [2.05, 4.69) is 4.98 Å². The number of ether oxygens (including phenoxy) is 2. The van der Waals surface area contributed by atoms with Gasteiger partial charge in [0.05, 0.1) is 35.7 Å². The summed E-state index contributed by atoms with van der Waals surface area (Å²) in [6.45, 7) is 5.76. The van der Waals surface area contributed by atoms with Gasteiger partial charge >= 0.3 is 11.9 Å². The summed E-state index contributed by atoms with van der Waals surface area (Å²) in [5.74, 6) is -1.13. The van der Waals surface area contributed by atoms with E-state index in [-0.39, 0.29) is 19.6 Å². The van der Waals surface area contributed by atoms with Gasteiger partial charge in [0, 0.05) is 19.7 Å². The highest BCUT2D eigenvalue weighted by Crippen LogP contribution is 2.43. The molecule has 0 aromatic carbocycles. The van der Waals surface area contributed by atoms with Crippen LogP contribution in [-0.2, 0) is 25.5 Å². The monoisotopic (exact) mass is 354 g/mol. The fourth-order valence-electron chi connectivity index (χ4n) is 3.42. The largest absolute Gasteiger partial charge is 0.465 e. The number of hydrogen-bond acceptors (Lipinski definition) is 6. The first-order valence-electron chi connectivity index (χ1n) is 8.14. The Balaban J connectivity index is 2.61. The summed E-state index contributed by atoms with van der Waals surface area (Å²) in [5.41, 5.74) is 0.0230. The molecule has 1 unspecified atom stereocenters. The molecular weight excluding hydrogens is 332 g/mol. The quantitative estimate of drug-likeness (QED) is 0.598. The molecule has 0 aliphatic carbocycles. The van der Waals surface area contributed by atoms with Gasteiger partial charge in [-0.15, -0.1) is 0 Å². The Kier molecular flexibility index (Phi) is 5.70. The molecule has 0 amide bonds. The van der Waals surface area contributed by atoms with Crippen molar-refractivity contribution in [2.24, 2.45) is 5.41 Å². The molecule has 0 N–H and O–H groups in total.